The third-order valence-corrected chi connectivity index (χ3v) is 9.13. The zero-order valence-electron chi connectivity index (χ0n) is 28.6. The average Bonchev–Trinajstić information content (AvgIpc) is 3.39. The number of piperidine rings is 1. The number of hydrogen-bond acceptors (Lipinski definition) is 8. The summed E-state index contributed by atoms with van der Waals surface area (Å²) in [5.41, 5.74) is 9.64. The molecule has 0 radical (unpaired) electrons. The standard InChI is InChI=1S/C36H51N5O2S/c1-33(2,3)29-25(18-26(12-15-36(10,11)42)40-30(29)34(4,5)6)22-43-27-19-24(20-38-31(27)37)28-21-39-32(44-28)23-13-16-41(17-14-23)35(7,8)9/h18-21,23,42H,13-14,16-17,22H2,1-11H3,(H2,37,38). The Hall–Kier alpha value is -2.99. The van der Waals surface area contributed by atoms with Gasteiger partial charge >= 0.3 is 0 Å². The minimum Gasteiger partial charge on any atom is -0.485 e. The third kappa shape index (κ3) is 8.38. The number of likely N-dealkylation sites (tertiary alicyclic amines) is 1. The first-order chi connectivity index (χ1) is 20.2. The van der Waals surface area contributed by atoms with Crippen LogP contribution in [0, 0.1) is 11.8 Å². The molecule has 1 aliphatic heterocycles. The molecule has 0 atom stereocenters. The van der Waals surface area contributed by atoms with Gasteiger partial charge in [-0.1, -0.05) is 47.5 Å². The molecule has 1 aliphatic rings. The van der Waals surface area contributed by atoms with Crippen LogP contribution in [0.25, 0.3) is 10.4 Å². The van der Waals surface area contributed by atoms with Crippen LogP contribution in [0.3, 0.4) is 0 Å². The van der Waals surface area contributed by atoms with Crippen LogP contribution in [-0.4, -0.2) is 49.2 Å². The molecule has 7 nitrogen and oxygen atoms in total. The van der Waals surface area contributed by atoms with E-state index < -0.39 is 5.60 Å². The number of ether oxygens (including phenoxy) is 1. The van der Waals surface area contributed by atoms with Crippen LogP contribution in [-0.2, 0) is 17.4 Å². The first-order valence-corrected chi connectivity index (χ1v) is 16.4. The van der Waals surface area contributed by atoms with Gasteiger partial charge in [0.15, 0.2) is 11.6 Å². The first kappa shape index (κ1) is 33.9. The summed E-state index contributed by atoms with van der Waals surface area (Å²) in [4.78, 5) is 17.9. The van der Waals surface area contributed by atoms with Crippen LogP contribution in [0.1, 0.15) is 122 Å². The highest BCUT2D eigenvalue weighted by Crippen LogP contribution is 2.39. The summed E-state index contributed by atoms with van der Waals surface area (Å²) in [7, 11) is 0. The summed E-state index contributed by atoms with van der Waals surface area (Å²) in [6, 6.07) is 3.95. The Morgan fingerprint density at radius 2 is 1.61 bits per heavy atom. The van der Waals surface area contributed by atoms with Crippen LogP contribution < -0.4 is 10.5 Å². The molecule has 0 aliphatic carbocycles. The Labute approximate surface area is 268 Å². The molecule has 238 valence electrons. The van der Waals surface area contributed by atoms with Crippen LogP contribution in [0.4, 0.5) is 5.82 Å². The van der Waals surface area contributed by atoms with Crippen molar-refractivity contribution in [1.29, 1.82) is 0 Å². The molecule has 0 spiro atoms. The van der Waals surface area contributed by atoms with Gasteiger partial charge in [-0.3, -0.25) is 4.90 Å². The summed E-state index contributed by atoms with van der Waals surface area (Å²) in [5.74, 6) is 7.36. The third-order valence-electron chi connectivity index (χ3n) is 7.92. The molecule has 0 saturated carbocycles. The normalized spacial score (nSPS) is 15.6. The number of nitrogens with two attached hydrogens (primary N) is 1. The molecule has 8 heteroatoms. The molecular formula is C36H51N5O2S. The lowest BCUT2D eigenvalue weighted by molar-refractivity contribution is 0.102. The van der Waals surface area contributed by atoms with Gasteiger partial charge in [0, 0.05) is 34.8 Å². The number of nitrogens with zero attached hydrogens (tertiary/aromatic N) is 4. The summed E-state index contributed by atoms with van der Waals surface area (Å²) < 4.78 is 6.42. The maximum Gasteiger partial charge on any atom is 0.166 e. The van der Waals surface area contributed by atoms with Crippen molar-refractivity contribution in [3.8, 4) is 28.0 Å². The van der Waals surface area contributed by atoms with Gasteiger partial charge in [-0.05, 0) is 95.1 Å². The maximum atomic E-state index is 10.2. The Bertz CT molecular complexity index is 1530. The smallest absolute Gasteiger partial charge is 0.166 e. The van der Waals surface area contributed by atoms with Crippen LogP contribution in [0.2, 0.25) is 0 Å². The summed E-state index contributed by atoms with van der Waals surface area (Å²) in [6.45, 7) is 25.7. The number of aliphatic hydroxyl groups is 1. The van der Waals surface area contributed by atoms with Gasteiger partial charge in [-0.25, -0.2) is 15.0 Å². The van der Waals surface area contributed by atoms with E-state index in [1.54, 1.807) is 31.4 Å². The van der Waals surface area contributed by atoms with Crippen molar-refractivity contribution in [1.82, 2.24) is 19.9 Å². The molecule has 3 N–H and O–H groups in total. The fourth-order valence-electron chi connectivity index (χ4n) is 5.64. The molecule has 0 bridgehead atoms. The van der Waals surface area contributed by atoms with E-state index in [9.17, 15) is 5.11 Å². The zero-order chi connectivity index (χ0) is 32.7. The van der Waals surface area contributed by atoms with Gasteiger partial charge in [-0.2, -0.15) is 0 Å². The van der Waals surface area contributed by atoms with E-state index in [0.29, 0.717) is 23.2 Å². The van der Waals surface area contributed by atoms with Crippen molar-refractivity contribution < 1.29 is 9.84 Å². The number of hydrogen-bond donors (Lipinski definition) is 2. The van der Waals surface area contributed by atoms with E-state index in [1.165, 1.54) is 5.01 Å². The molecule has 3 aromatic heterocycles. The lowest BCUT2D eigenvalue weighted by Gasteiger charge is -2.40. The van der Waals surface area contributed by atoms with E-state index in [4.69, 9.17) is 20.4 Å². The van der Waals surface area contributed by atoms with Crippen molar-refractivity contribution in [2.75, 3.05) is 18.8 Å². The zero-order valence-corrected chi connectivity index (χ0v) is 29.4. The molecule has 4 heterocycles. The minimum atomic E-state index is -1.12. The van der Waals surface area contributed by atoms with Crippen LogP contribution >= 0.6 is 11.3 Å². The molecule has 3 aromatic rings. The van der Waals surface area contributed by atoms with Gasteiger partial charge in [0.1, 0.15) is 17.9 Å². The highest BCUT2D eigenvalue weighted by atomic mass is 32.1. The monoisotopic (exact) mass is 617 g/mol. The summed E-state index contributed by atoms with van der Waals surface area (Å²) in [5, 5.41) is 11.4. The van der Waals surface area contributed by atoms with E-state index >= 15 is 0 Å². The minimum absolute atomic E-state index is 0.190. The molecule has 0 aromatic carbocycles. The Morgan fingerprint density at radius 3 is 2.18 bits per heavy atom. The number of aromatic nitrogens is 3. The van der Waals surface area contributed by atoms with Gasteiger partial charge in [0.05, 0.1) is 15.6 Å². The SMILES string of the molecule is CC(C)(O)C#Cc1cc(COc2cc(-c3cnc(C4CCN(C(C)(C)C)CC4)s3)cnc2N)c(C(C)(C)C)c(C(C)(C)C)n1. The molecule has 1 saturated heterocycles. The molecule has 44 heavy (non-hydrogen) atoms. The topological polar surface area (TPSA) is 97.4 Å². The molecule has 4 rings (SSSR count). The molecule has 1 fully saturated rings. The Kier molecular flexibility index (Phi) is 9.57. The molecule has 0 unspecified atom stereocenters. The predicted molar refractivity (Wildman–Crippen MR) is 182 cm³/mol. The number of anilines is 1. The lowest BCUT2D eigenvalue weighted by Crippen LogP contribution is -2.45. The van der Waals surface area contributed by atoms with Crippen molar-refractivity contribution in [3.05, 3.63) is 52.0 Å². The lowest BCUT2D eigenvalue weighted by atomic mass is 9.76. The summed E-state index contributed by atoms with van der Waals surface area (Å²) >= 11 is 1.74. The van der Waals surface area contributed by atoms with Crippen LogP contribution in [0.5, 0.6) is 5.75 Å². The highest BCUT2D eigenvalue weighted by Gasteiger charge is 2.31. The average molecular weight is 618 g/mol. The van der Waals surface area contributed by atoms with Crippen LogP contribution in [0.15, 0.2) is 24.5 Å². The van der Waals surface area contributed by atoms with Gasteiger partial charge in [-0.15, -0.1) is 11.3 Å². The Morgan fingerprint density at radius 1 is 0.955 bits per heavy atom. The van der Waals surface area contributed by atoms with Crippen molar-refractivity contribution >= 4 is 17.2 Å². The van der Waals surface area contributed by atoms with Crippen molar-refractivity contribution in [2.24, 2.45) is 0 Å². The first-order valence-electron chi connectivity index (χ1n) is 15.6. The van der Waals surface area contributed by atoms with E-state index in [1.807, 2.05) is 18.3 Å². The second-order valence-corrected chi connectivity index (χ2v) is 16.7. The van der Waals surface area contributed by atoms with E-state index in [-0.39, 0.29) is 23.0 Å². The fourth-order valence-corrected chi connectivity index (χ4v) is 6.71. The molecule has 0 amide bonds. The molecular weight excluding hydrogens is 566 g/mol. The number of thiazole rings is 1. The van der Waals surface area contributed by atoms with Crippen molar-refractivity contribution in [3.63, 3.8) is 0 Å². The van der Waals surface area contributed by atoms with E-state index in [2.05, 4.69) is 84.0 Å². The predicted octanol–water partition coefficient (Wildman–Crippen LogP) is 7.46. The Balaban J connectivity index is 1.62. The van der Waals surface area contributed by atoms with Gasteiger partial charge in [0.25, 0.3) is 0 Å². The maximum absolute atomic E-state index is 10.2. The summed E-state index contributed by atoms with van der Waals surface area (Å²) in [6.07, 6.45) is 6.01. The fraction of sp³-hybridized carbons (Fsp3) is 0.583. The second-order valence-electron chi connectivity index (χ2n) is 15.6. The number of rotatable bonds is 5. The largest absolute Gasteiger partial charge is 0.485 e. The van der Waals surface area contributed by atoms with Gasteiger partial charge in [0.2, 0.25) is 0 Å². The highest BCUT2D eigenvalue weighted by molar-refractivity contribution is 7.15. The van der Waals surface area contributed by atoms with Gasteiger partial charge < -0.3 is 15.6 Å². The number of nitrogen functional groups attached to an aromatic ring is 1. The number of pyridine rings is 2. The quantitative estimate of drug-likeness (QED) is 0.287. The van der Waals surface area contributed by atoms with Crippen molar-refractivity contribution in [2.45, 2.75) is 123 Å². The van der Waals surface area contributed by atoms with E-state index in [0.717, 1.165) is 53.2 Å². The second kappa shape index (κ2) is 12.4.